The number of carbonyl (C=O) groups excluding carboxylic acids is 1. The highest BCUT2D eigenvalue weighted by atomic mass is 32.2. The molecule has 20 heavy (non-hydrogen) atoms. The molecule has 1 rings (SSSR count). The van der Waals surface area contributed by atoms with Crippen molar-refractivity contribution in [3.63, 3.8) is 0 Å². The van der Waals surface area contributed by atoms with Gasteiger partial charge in [-0.15, -0.1) is 0 Å². The molecule has 5 nitrogen and oxygen atoms in total. The van der Waals surface area contributed by atoms with E-state index >= 15 is 0 Å². The van der Waals surface area contributed by atoms with Crippen molar-refractivity contribution >= 4 is 15.7 Å². The molecule has 1 aromatic carbocycles. The van der Waals surface area contributed by atoms with Gasteiger partial charge >= 0.3 is 0 Å². The van der Waals surface area contributed by atoms with Crippen molar-refractivity contribution < 1.29 is 13.2 Å². The van der Waals surface area contributed by atoms with Gasteiger partial charge in [-0.2, -0.15) is 0 Å². The highest BCUT2D eigenvalue weighted by molar-refractivity contribution is 7.90. The minimum absolute atomic E-state index is 0.0264. The van der Waals surface area contributed by atoms with Crippen LogP contribution in [0.4, 0.5) is 0 Å². The molecule has 0 heterocycles. The molecule has 0 aliphatic carbocycles. The molecule has 1 unspecified atom stereocenters. The lowest BCUT2D eigenvalue weighted by molar-refractivity contribution is -0.120. The van der Waals surface area contributed by atoms with Crippen molar-refractivity contribution in [1.29, 1.82) is 0 Å². The number of hydrogen-bond acceptors (Lipinski definition) is 4. The number of benzene rings is 1. The summed E-state index contributed by atoms with van der Waals surface area (Å²) in [6.07, 6.45) is 1.18. The predicted molar refractivity (Wildman–Crippen MR) is 79.2 cm³/mol. The van der Waals surface area contributed by atoms with Crippen LogP contribution in [-0.4, -0.2) is 33.2 Å². The number of rotatable bonds is 6. The normalized spacial score (nSPS) is 13.2. The number of hydrogen-bond donors (Lipinski definition) is 2. The van der Waals surface area contributed by atoms with E-state index in [2.05, 4.69) is 10.6 Å². The average molecular weight is 298 g/mol. The van der Waals surface area contributed by atoms with Crippen LogP contribution >= 0.6 is 0 Å². The second-order valence-electron chi connectivity index (χ2n) is 5.17. The molecule has 0 fully saturated rings. The zero-order chi connectivity index (χ0) is 15.3. The van der Waals surface area contributed by atoms with Crippen molar-refractivity contribution in [1.82, 2.24) is 10.6 Å². The smallest absolute Gasteiger partial charge is 0.234 e. The maximum Gasteiger partial charge on any atom is 0.234 e. The fourth-order valence-electron chi connectivity index (χ4n) is 1.74. The monoisotopic (exact) mass is 298 g/mol. The summed E-state index contributed by atoms with van der Waals surface area (Å²) in [4.78, 5) is 11.8. The zero-order valence-corrected chi connectivity index (χ0v) is 13.1. The third-order valence-corrected chi connectivity index (χ3v) is 3.96. The van der Waals surface area contributed by atoms with Crippen molar-refractivity contribution in [3.05, 3.63) is 29.8 Å². The first kappa shape index (κ1) is 16.7. The van der Waals surface area contributed by atoms with Crippen LogP contribution in [0.5, 0.6) is 0 Å². The summed E-state index contributed by atoms with van der Waals surface area (Å²) in [6.45, 7) is 5.97. The molecule has 2 N–H and O–H groups in total. The lowest BCUT2D eigenvalue weighted by Gasteiger charge is -2.15. The van der Waals surface area contributed by atoms with Crippen molar-refractivity contribution in [2.75, 3.05) is 12.8 Å². The molecule has 0 aromatic heterocycles. The summed E-state index contributed by atoms with van der Waals surface area (Å²) in [5.41, 5.74) is 0.940. The summed E-state index contributed by atoms with van der Waals surface area (Å²) in [5, 5.41) is 5.90. The van der Waals surface area contributed by atoms with Crippen LogP contribution in [0, 0.1) is 0 Å². The number of nitrogens with one attached hydrogen (secondary N) is 2. The first-order chi connectivity index (χ1) is 9.20. The Labute approximate surface area is 120 Å². The molecule has 0 radical (unpaired) electrons. The third-order valence-electron chi connectivity index (χ3n) is 2.83. The molecule has 0 aliphatic rings. The second-order valence-corrected chi connectivity index (χ2v) is 7.18. The van der Waals surface area contributed by atoms with Gasteiger partial charge in [0.05, 0.1) is 11.4 Å². The van der Waals surface area contributed by atoms with Gasteiger partial charge < -0.3 is 10.6 Å². The van der Waals surface area contributed by atoms with Crippen molar-refractivity contribution in [2.45, 2.75) is 37.8 Å². The Morgan fingerprint density at radius 1 is 1.15 bits per heavy atom. The Morgan fingerprint density at radius 2 is 1.70 bits per heavy atom. The zero-order valence-electron chi connectivity index (χ0n) is 12.3. The average Bonchev–Trinajstić information content (AvgIpc) is 2.34. The topological polar surface area (TPSA) is 75.3 Å². The van der Waals surface area contributed by atoms with Gasteiger partial charge in [-0.05, 0) is 38.5 Å². The molecule has 0 spiro atoms. The number of carbonyl (C=O) groups is 1. The highest BCUT2D eigenvalue weighted by Crippen LogP contribution is 2.15. The Bertz CT molecular complexity index is 550. The standard InChI is InChI=1S/C14H22N2O3S/c1-10(2)16-14(17)9-15-11(3)12-5-7-13(8-6-12)20(4,18)19/h5-8,10-11,15H,9H2,1-4H3,(H,16,17). The van der Waals surface area contributed by atoms with Crippen LogP contribution in [0.1, 0.15) is 32.4 Å². The minimum Gasteiger partial charge on any atom is -0.353 e. The lowest BCUT2D eigenvalue weighted by atomic mass is 10.1. The third kappa shape index (κ3) is 5.30. The van der Waals surface area contributed by atoms with Gasteiger partial charge in [0, 0.05) is 18.3 Å². The predicted octanol–water partition coefficient (Wildman–Crippen LogP) is 1.27. The second kappa shape index (κ2) is 6.85. The van der Waals surface area contributed by atoms with E-state index in [1.165, 1.54) is 6.26 Å². The summed E-state index contributed by atoms with van der Waals surface area (Å²) in [6, 6.07) is 6.77. The lowest BCUT2D eigenvalue weighted by Crippen LogP contribution is -2.38. The molecular formula is C14H22N2O3S. The molecule has 1 aromatic rings. The molecule has 0 saturated heterocycles. The Kier molecular flexibility index (Phi) is 5.71. The largest absolute Gasteiger partial charge is 0.353 e. The van der Waals surface area contributed by atoms with Crippen LogP contribution in [0.2, 0.25) is 0 Å². The van der Waals surface area contributed by atoms with Gasteiger partial charge in [-0.1, -0.05) is 12.1 Å². The van der Waals surface area contributed by atoms with E-state index < -0.39 is 9.84 Å². The van der Waals surface area contributed by atoms with E-state index in [1.54, 1.807) is 24.3 Å². The van der Waals surface area contributed by atoms with Gasteiger partial charge in [0.15, 0.2) is 9.84 Å². The summed E-state index contributed by atoms with van der Waals surface area (Å²) in [7, 11) is -3.17. The van der Waals surface area contributed by atoms with E-state index in [9.17, 15) is 13.2 Å². The van der Waals surface area contributed by atoms with Gasteiger partial charge in [0.25, 0.3) is 0 Å². The number of amides is 1. The molecule has 0 bridgehead atoms. The first-order valence-electron chi connectivity index (χ1n) is 6.53. The van der Waals surface area contributed by atoms with E-state index in [0.29, 0.717) is 4.90 Å². The van der Waals surface area contributed by atoms with Crippen LogP contribution in [0.25, 0.3) is 0 Å². The van der Waals surface area contributed by atoms with E-state index in [4.69, 9.17) is 0 Å². The summed E-state index contributed by atoms with van der Waals surface area (Å²) < 4.78 is 22.7. The van der Waals surface area contributed by atoms with Gasteiger partial charge in [-0.3, -0.25) is 4.79 Å². The van der Waals surface area contributed by atoms with E-state index in [1.807, 2.05) is 20.8 Å². The molecular weight excluding hydrogens is 276 g/mol. The van der Waals surface area contributed by atoms with Crippen LogP contribution in [0.15, 0.2) is 29.2 Å². The fourth-order valence-corrected chi connectivity index (χ4v) is 2.37. The van der Waals surface area contributed by atoms with Gasteiger partial charge in [-0.25, -0.2) is 8.42 Å². The molecule has 1 amide bonds. The van der Waals surface area contributed by atoms with Crippen LogP contribution in [0.3, 0.4) is 0 Å². The first-order valence-corrected chi connectivity index (χ1v) is 8.42. The molecule has 112 valence electrons. The molecule has 0 aliphatic heterocycles. The summed E-state index contributed by atoms with van der Waals surface area (Å²) >= 11 is 0. The maximum absolute atomic E-state index is 11.5. The minimum atomic E-state index is -3.17. The molecule has 1 atom stereocenters. The Hall–Kier alpha value is -1.40. The van der Waals surface area contributed by atoms with E-state index in [0.717, 1.165) is 5.56 Å². The fraction of sp³-hybridized carbons (Fsp3) is 0.500. The Morgan fingerprint density at radius 3 is 2.15 bits per heavy atom. The molecule has 6 heteroatoms. The molecule has 0 saturated carbocycles. The van der Waals surface area contributed by atoms with Gasteiger partial charge in [0.2, 0.25) is 5.91 Å². The van der Waals surface area contributed by atoms with Crippen molar-refractivity contribution in [2.24, 2.45) is 0 Å². The summed E-state index contributed by atoms with van der Waals surface area (Å²) in [5.74, 6) is -0.0559. The Balaban J connectivity index is 2.60. The van der Waals surface area contributed by atoms with Crippen molar-refractivity contribution in [3.8, 4) is 0 Å². The number of sulfone groups is 1. The highest BCUT2D eigenvalue weighted by Gasteiger charge is 2.10. The van der Waals surface area contributed by atoms with Gasteiger partial charge in [0.1, 0.15) is 0 Å². The quantitative estimate of drug-likeness (QED) is 0.829. The SMILES string of the molecule is CC(C)NC(=O)CNC(C)c1ccc(S(C)(=O)=O)cc1. The maximum atomic E-state index is 11.5. The van der Waals surface area contributed by atoms with E-state index in [-0.39, 0.29) is 24.5 Å². The van der Waals surface area contributed by atoms with Crippen LogP contribution in [-0.2, 0) is 14.6 Å². The van der Waals surface area contributed by atoms with Crippen LogP contribution < -0.4 is 10.6 Å².